The molecule has 1 aromatic rings. The van der Waals surface area contributed by atoms with E-state index in [1.54, 1.807) is 4.90 Å². The summed E-state index contributed by atoms with van der Waals surface area (Å²) in [6.07, 6.45) is 4.35. The molecule has 2 fully saturated rings. The quantitative estimate of drug-likeness (QED) is 0.896. The molecule has 0 spiro atoms. The summed E-state index contributed by atoms with van der Waals surface area (Å²) in [7, 11) is 0. The van der Waals surface area contributed by atoms with Crippen LogP contribution in [0.15, 0.2) is 24.3 Å². The van der Waals surface area contributed by atoms with Crippen molar-refractivity contribution < 1.29 is 9.59 Å². The number of halogens is 1. The van der Waals surface area contributed by atoms with Gasteiger partial charge in [0.05, 0.1) is 5.92 Å². The van der Waals surface area contributed by atoms with Crippen molar-refractivity contribution in [1.29, 1.82) is 0 Å². The van der Waals surface area contributed by atoms with Crippen LogP contribution in [0.25, 0.3) is 0 Å². The number of rotatable bonds is 3. The molecule has 2 amide bonds. The predicted molar refractivity (Wildman–Crippen MR) is 89.2 cm³/mol. The number of carbonyl (C=O) groups excluding carboxylic acids is 2. The zero-order valence-corrected chi connectivity index (χ0v) is 13.3. The molecular formula is C16H22ClN3O2. The van der Waals surface area contributed by atoms with Crippen molar-refractivity contribution in [2.24, 2.45) is 11.7 Å². The second-order valence-corrected chi connectivity index (χ2v) is 5.89. The molecule has 0 aromatic heterocycles. The lowest BCUT2D eigenvalue weighted by atomic mass is 10.0. The van der Waals surface area contributed by atoms with Crippen LogP contribution in [0, 0.1) is 5.92 Å². The Bertz CT molecular complexity index is 547. The summed E-state index contributed by atoms with van der Waals surface area (Å²) in [5.74, 6) is 0.0959. The van der Waals surface area contributed by atoms with E-state index >= 15 is 0 Å². The molecule has 2 unspecified atom stereocenters. The lowest BCUT2D eigenvalue weighted by molar-refractivity contribution is -0.120. The van der Waals surface area contributed by atoms with E-state index in [0.717, 1.165) is 43.6 Å². The average Bonchev–Trinajstić information content (AvgIpc) is 3.08. The van der Waals surface area contributed by atoms with Crippen LogP contribution in [0.1, 0.15) is 32.1 Å². The Balaban J connectivity index is 0.00000176. The van der Waals surface area contributed by atoms with Crippen molar-refractivity contribution in [2.45, 2.75) is 38.1 Å². The summed E-state index contributed by atoms with van der Waals surface area (Å²) >= 11 is 0. The van der Waals surface area contributed by atoms with Crippen LogP contribution < -0.4 is 16.0 Å². The maximum absolute atomic E-state index is 12.2. The summed E-state index contributed by atoms with van der Waals surface area (Å²) in [5.41, 5.74) is 7.61. The zero-order chi connectivity index (χ0) is 14.8. The second-order valence-electron chi connectivity index (χ2n) is 5.89. The first-order valence-corrected chi connectivity index (χ1v) is 7.62. The molecule has 2 aliphatic rings. The third kappa shape index (κ3) is 3.42. The molecule has 6 heteroatoms. The molecule has 120 valence electrons. The second kappa shape index (κ2) is 7.11. The number of hydrogen-bond acceptors (Lipinski definition) is 3. The minimum Gasteiger partial charge on any atom is -0.327 e. The maximum Gasteiger partial charge on any atom is 0.229 e. The molecule has 3 N–H and O–H groups in total. The summed E-state index contributed by atoms with van der Waals surface area (Å²) in [4.78, 5) is 25.6. The van der Waals surface area contributed by atoms with Crippen LogP contribution in [0.3, 0.4) is 0 Å². The number of carbonyl (C=O) groups is 2. The standard InChI is InChI=1S/C16H21N3O2.ClH/c17-14-4-1-3-13(14)16(21)18-11-6-8-12(9-7-11)19-10-2-5-15(19)20;/h6-9,13-14H,1-5,10,17H2,(H,18,21);1H. The molecule has 1 heterocycles. The third-order valence-corrected chi connectivity index (χ3v) is 4.43. The highest BCUT2D eigenvalue weighted by atomic mass is 35.5. The number of amides is 2. The van der Waals surface area contributed by atoms with Crippen molar-refractivity contribution in [3.63, 3.8) is 0 Å². The molecule has 0 radical (unpaired) electrons. The first-order valence-electron chi connectivity index (χ1n) is 7.62. The maximum atomic E-state index is 12.2. The van der Waals surface area contributed by atoms with Crippen LogP contribution in [-0.2, 0) is 9.59 Å². The summed E-state index contributed by atoms with van der Waals surface area (Å²) < 4.78 is 0. The zero-order valence-electron chi connectivity index (χ0n) is 12.5. The Morgan fingerprint density at radius 3 is 2.45 bits per heavy atom. The van der Waals surface area contributed by atoms with Gasteiger partial charge in [0, 0.05) is 30.4 Å². The summed E-state index contributed by atoms with van der Waals surface area (Å²) in [6, 6.07) is 7.44. The Morgan fingerprint density at radius 1 is 1.18 bits per heavy atom. The average molecular weight is 324 g/mol. The highest BCUT2D eigenvalue weighted by Crippen LogP contribution is 2.26. The van der Waals surface area contributed by atoms with Gasteiger partial charge in [0.2, 0.25) is 11.8 Å². The van der Waals surface area contributed by atoms with Gasteiger partial charge in [-0.05, 0) is 43.5 Å². The van der Waals surface area contributed by atoms with Gasteiger partial charge in [-0.1, -0.05) is 6.42 Å². The first kappa shape index (κ1) is 16.8. The Hall–Kier alpha value is -1.59. The normalized spacial score (nSPS) is 24.2. The van der Waals surface area contributed by atoms with E-state index in [0.29, 0.717) is 6.42 Å². The molecule has 2 atom stereocenters. The molecule has 22 heavy (non-hydrogen) atoms. The number of anilines is 2. The van der Waals surface area contributed by atoms with Gasteiger partial charge >= 0.3 is 0 Å². The van der Waals surface area contributed by atoms with E-state index in [-0.39, 0.29) is 36.2 Å². The van der Waals surface area contributed by atoms with Crippen molar-refractivity contribution in [3.05, 3.63) is 24.3 Å². The Morgan fingerprint density at radius 2 is 1.91 bits per heavy atom. The lowest BCUT2D eigenvalue weighted by Gasteiger charge is -2.17. The van der Waals surface area contributed by atoms with E-state index in [4.69, 9.17) is 5.73 Å². The first-order chi connectivity index (χ1) is 10.1. The third-order valence-electron chi connectivity index (χ3n) is 4.43. The summed E-state index contributed by atoms with van der Waals surface area (Å²) in [6.45, 7) is 0.779. The van der Waals surface area contributed by atoms with Crippen LogP contribution in [0.5, 0.6) is 0 Å². The number of benzene rings is 1. The monoisotopic (exact) mass is 323 g/mol. The summed E-state index contributed by atoms with van der Waals surface area (Å²) in [5, 5.41) is 2.92. The van der Waals surface area contributed by atoms with Gasteiger partial charge in [0.25, 0.3) is 0 Å². The molecule has 5 nitrogen and oxygen atoms in total. The fraction of sp³-hybridized carbons (Fsp3) is 0.500. The molecule has 1 saturated carbocycles. The van der Waals surface area contributed by atoms with Gasteiger partial charge in [-0.15, -0.1) is 12.4 Å². The van der Waals surface area contributed by atoms with Crippen molar-refractivity contribution in [1.82, 2.24) is 0 Å². The number of nitrogens with zero attached hydrogens (tertiary/aromatic N) is 1. The fourth-order valence-corrected chi connectivity index (χ4v) is 3.20. The van der Waals surface area contributed by atoms with E-state index in [1.165, 1.54) is 0 Å². The molecular weight excluding hydrogens is 302 g/mol. The van der Waals surface area contributed by atoms with E-state index in [2.05, 4.69) is 5.32 Å². The Labute approximate surface area is 136 Å². The van der Waals surface area contributed by atoms with Crippen LogP contribution in [0.2, 0.25) is 0 Å². The molecule has 1 aliphatic heterocycles. The number of nitrogens with one attached hydrogen (secondary N) is 1. The van der Waals surface area contributed by atoms with Gasteiger partial charge in [-0.2, -0.15) is 0 Å². The minimum absolute atomic E-state index is 0. The van der Waals surface area contributed by atoms with Crippen molar-refractivity contribution in [2.75, 3.05) is 16.8 Å². The number of nitrogens with two attached hydrogens (primary N) is 1. The molecule has 1 saturated heterocycles. The van der Waals surface area contributed by atoms with Gasteiger partial charge in [-0.3, -0.25) is 9.59 Å². The molecule has 0 bridgehead atoms. The Kier molecular flexibility index (Phi) is 5.42. The van der Waals surface area contributed by atoms with E-state index < -0.39 is 0 Å². The highest BCUT2D eigenvalue weighted by molar-refractivity contribution is 5.96. The minimum atomic E-state index is -0.0789. The largest absolute Gasteiger partial charge is 0.327 e. The van der Waals surface area contributed by atoms with Gasteiger partial charge < -0.3 is 16.0 Å². The van der Waals surface area contributed by atoms with Gasteiger partial charge in [-0.25, -0.2) is 0 Å². The van der Waals surface area contributed by atoms with Crippen LogP contribution >= 0.6 is 12.4 Å². The van der Waals surface area contributed by atoms with Crippen LogP contribution in [-0.4, -0.2) is 24.4 Å². The smallest absolute Gasteiger partial charge is 0.229 e. The molecule has 1 aromatic carbocycles. The topological polar surface area (TPSA) is 75.4 Å². The van der Waals surface area contributed by atoms with Crippen molar-refractivity contribution in [3.8, 4) is 0 Å². The SMILES string of the molecule is Cl.NC1CCCC1C(=O)Nc1ccc(N2CCCC2=O)cc1. The molecule has 3 rings (SSSR count). The van der Waals surface area contributed by atoms with E-state index in [9.17, 15) is 9.59 Å². The van der Waals surface area contributed by atoms with Crippen molar-refractivity contribution >= 4 is 35.6 Å². The lowest BCUT2D eigenvalue weighted by Crippen LogP contribution is -2.34. The number of hydrogen-bond donors (Lipinski definition) is 2. The van der Waals surface area contributed by atoms with Gasteiger partial charge in [0.15, 0.2) is 0 Å². The van der Waals surface area contributed by atoms with Crippen LogP contribution in [0.4, 0.5) is 11.4 Å². The fourth-order valence-electron chi connectivity index (χ4n) is 3.20. The van der Waals surface area contributed by atoms with Gasteiger partial charge in [0.1, 0.15) is 0 Å². The van der Waals surface area contributed by atoms with E-state index in [1.807, 2.05) is 24.3 Å². The molecule has 1 aliphatic carbocycles. The predicted octanol–water partition coefficient (Wildman–Crippen LogP) is 2.30. The highest BCUT2D eigenvalue weighted by Gasteiger charge is 2.30.